The molecule has 1 N–H and O–H groups in total. The van der Waals surface area contributed by atoms with Crippen molar-refractivity contribution >= 4 is 34.5 Å². The molecule has 0 bridgehead atoms. The van der Waals surface area contributed by atoms with Crippen LogP contribution in [0.15, 0.2) is 35.6 Å². The standard InChI is InChI=1S/C17H21N3O3S/c1-11(2)8-14(17(22)23-3)20-15(21)9-24-16-12-6-4-5-7-13(12)18-10-19-16/h4-7,10-11,14H,8-9H2,1-3H3,(H,20,21)/t14-/m0/s1. The highest BCUT2D eigenvalue weighted by Crippen LogP contribution is 2.23. The topological polar surface area (TPSA) is 81.2 Å². The largest absolute Gasteiger partial charge is 0.467 e. The van der Waals surface area contributed by atoms with Gasteiger partial charge in [-0.05, 0) is 18.4 Å². The van der Waals surface area contributed by atoms with Gasteiger partial charge in [-0.25, -0.2) is 14.8 Å². The third-order valence-electron chi connectivity index (χ3n) is 3.37. The van der Waals surface area contributed by atoms with Gasteiger partial charge < -0.3 is 10.1 Å². The minimum Gasteiger partial charge on any atom is -0.467 e. The first-order chi connectivity index (χ1) is 11.5. The van der Waals surface area contributed by atoms with Gasteiger partial charge in [0.2, 0.25) is 5.91 Å². The van der Waals surface area contributed by atoms with Crippen LogP contribution >= 0.6 is 11.8 Å². The number of fused-ring (bicyclic) bond motifs is 1. The molecule has 0 radical (unpaired) electrons. The lowest BCUT2D eigenvalue weighted by atomic mass is 10.0. The highest BCUT2D eigenvalue weighted by atomic mass is 32.2. The van der Waals surface area contributed by atoms with E-state index < -0.39 is 12.0 Å². The van der Waals surface area contributed by atoms with Gasteiger partial charge in [0.1, 0.15) is 17.4 Å². The number of thioether (sulfide) groups is 1. The monoisotopic (exact) mass is 347 g/mol. The van der Waals surface area contributed by atoms with Crippen LogP contribution in [0.4, 0.5) is 0 Å². The maximum absolute atomic E-state index is 12.2. The predicted octanol–water partition coefficient (Wildman–Crippen LogP) is 2.43. The van der Waals surface area contributed by atoms with Gasteiger partial charge in [0.15, 0.2) is 0 Å². The van der Waals surface area contributed by atoms with Crippen LogP contribution in [0, 0.1) is 5.92 Å². The highest BCUT2D eigenvalue weighted by molar-refractivity contribution is 8.00. The van der Waals surface area contributed by atoms with Gasteiger partial charge in [-0.1, -0.05) is 43.8 Å². The second-order valence-corrected chi connectivity index (χ2v) is 6.72. The Bertz CT molecular complexity index is 716. The van der Waals surface area contributed by atoms with Gasteiger partial charge >= 0.3 is 5.97 Å². The number of para-hydroxylation sites is 1. The van der Waals surface area contributed by atoms with Gasteiger partial charge in [-0.3, -0.25) is 4.79 Å². The number of esters is 1. The summed E-state index contributed by atoms with van der Waals surface area (Å²) in [7, 11) is 1.32. The normalized spacial score (nSPS) is 12.2. The van der Waals surface area contributed by atoms with Crippen LogP contribution in [-0.4, -0.2) is 40.7 Å². The first-order valence-corrected chi connectivity index (χ1v) is 8.69. The molecule has 0 saturated heterocycles. The van der Waals surface area contributed by atoms with Crippen LogP contribution in [-0.2, 0) is 14.3 Å². The number of nitrogens with zero attached hydrogens (tertiary/aromatic N) is 2. The minimum atomic E-state index is -0.620. The molecule has 1 heterocycles. The summed E-state index contributed by atoms with van der Waals surface area (Å²) < 4.78 is 4.75. The molecular formula is C17H21N3O3S. The summed E-state index contributed by atoms with van der Waals surface area (Å²) in [6.45, 7) is 3.98. The van der Waals surface area contributed by atoms with Crippen molar-refractivity contribution in [2.45, 2.75) is 31.3 Å². The van der Waals surface area contributed by atoms with E-state index in [1.807, 2.05) is 38.1 Å². The average molecular weight is 347 g/mol. The number of benzene rings is 1. The van der Waals surface area contributed by atoms with E-state index in [0.717, 1.165) is 15.9 Å². The van der Waals surface area contributed by atoms with Crippen LogP contribution in [0.2, 0.25) is 0 Å². The van der Waals surface area contributed by atoms with Crippen molar-refractivity contribution in [3.8, 4) is 0 Å². The van der Waals surface area contributed by atoms with E-state index >= 15 is 0 Å². The fourth-order valence-electron chi connectivity index (χ4n) is 2.29. The lowest BCUT2D eigenvalue weighted by molar-refractivity contribution is -0.145. The average Bonchev–Trinajstić information content (AvgIpc) is 2.58. The lowest BCUT2D eigenvalue weighted by Gasteiger charge is -2.18. The molecule has 1 aromatic carbocycles. The van der Waals surface area contributed by atoms with E-state index in [1.165, 1.54) is 25.2 Å². The quantitative estimate of drug-likeness (QED) is 0.471. The van der Waals surface area contributed by atoms with Crippen LogP contribution < -0.4 is 5.32 Å². The van der Waals surface area contributed by atoms with Crippen molar-refractivity contribution in [2.24, 2.45) is 5.92 Å². The van der Waals surface area contributed by atoms with E-state index in [4.69, 9.17) is 4.74 Å². The number of hydrogen-bond acceptors (Lipinski definition) is 6. The zero-order valence-electron chi connectivity index (χ0n) is 14.0. The summed E-state index contributed by atoms with van der Waals surface area (Å²) in [4.78, 5) is 32.4. The molecule has 0 spiro atoms. The van der Waals surface area contributed by atoms with Gasteiger partial charge in [-0.2, -0.15) is 0 Å². The number of hydrogen-bond donors (Lipinski definition) is 1. The Hall–Kier alpha value is -2.15. The number of carbonyl (C=O) groups is 2. The third-order valence-corrected chi connectivity index (χ3v) is 4.38. The molecule has 7 heteroatoms. The molecule has 2 rings (SSSR count). The number of amides is 1. The molecule has 0 unspecified atom stereocenters. The number of nitrogens with one attached hydrogen (secondary N) is 1. The number of aromatic nitrogens is 2. The van der Waals surface area contributed by atoms with E-state index in [0.29, 0.717) is 6.42 Å². The molecule has 1 atom stereocenters. The first-order valence-electron chi connectivity index (χ1n) is 7.71. The summed E-state index contributed by atoms with van der Waals surface area (Å²) in [6.07, 6.45) is 2.03. The van der Waals surface area contributed by atoms with Gasteiger partial charge in [0.05, 0.1) is 18.4 Å². The Morgan fingerprint density at radius 3 is 2.71 bits per heavy atom. The Balaban J connectivity index is 2.00. The van der Waals surface area contributed by atoms with E-state index in [1.54, 1.807) is 0 Å². The highest BCUT2D eigenvalue weighted by Gasteiger charge is 2.22. The Labute approximate surface area is 145 Å². The molecule has 0 aliphatic carbocycles. The molecule has 0 aliphatic heterocycles. The SMILES string of the molecule is COC(=O)[C@H](CC(C)C)NC(=O)CSc1ncnc2ccccc12. The van der Waals surface area contributed by atoms with E-state index in [2.05, 4.69) is 15.3 Å². The summed E-state index contributed by atoms with van der Waals surface area (Å²) in [5.74, 6) is -0.201. The zero-order chi connectivity index (χ0) is 17.5. The fraction of sp³-hybridized carbons (Fsp3) is 0.412. The van der Waals surface area contributed by atoms with E-state index in [9.17, 15) is 9.59 Å². The molecule has 0 fully saturated rings. The van der Waals surface area contributed by atoms with Crippen molar-refractivity contribution in [1.82, 2.24) is 15.3 Å². The molecule has 1 aromatic heterocycles. The van der Waals surface area contributed by atoms with Crippen molar-refractivity contribution in [1.29, 1.82) is 0 Å². The Kier molecular flexibility index (Phi) is 6.54. The van der Waals surface area contributed by atoms with Crippen molar-refractivity contribution in [3.05, 3.63) is 30.6 Å². The third kappa shape index (κ3) is 4.92. The van der Waals surface area contributed by atoms with Crippen molar-refractivity contribution < 1.29 is 14.3 Å². The maximum atomic E-state index is 12.2. The second-order valence-electron chi connectivity index (χ2n) is 5.76. The van der Waals surface area contributed by atoms with Crippen LogP contribution in [0.3, 0.4) is 0 Å². The van der Waals surface area contributed by atoms with Crippen LogP contribution in [0.1, 0.15) is 20.3 Å². The van der Waals surface area contributed by atoms with Gasteiger partial charge in [0, 0.05) is 5.39 Å². The predicted molar refractivity (Wildman–Crippen MR) is 93.7 cm³/mol. The van der Waals surface area contributed by atoms with Crippen molar-refractivity contribution in [3.63, 3.8) is 0 Å². The molecule has 128 valence electrons. The molecule has 24 heavy (non-hydrogen) atoms. The number of ether oxygens (including phenoxy) is 1. The molecule has 2 aromatic rings. The van der Waals surface area contributed by atoms with Gasteiger partial charge in [0.25, 0.3) is 0 Å². The summed E-state index contributed by atoms with van der Waals surface area (Å²) in [5.41, 5.74) is 0.836. The number of rotatable bonds is 7. The number of methoxy groups -OCH3 is 1. The van der Waals surface area contributed by atoms with Crippen LogP contribution in [0.25, 0.3) is 10.9 Å². The van der Waals surface area contributed by atoms with Crippen molar-refractivity contribution in [2.75, 3.05) is 12.9 Å². The summed E-state index contributed by atoms with van der Waals surface area (Å²) in [6, 6.07) is 7.02. The summed E-state index contributed by atoms with van der Waals surface area (Å²) >= 11 is 1.32. The fourth-order valence-corrected chi connectivity index (χ4v) is 3.09. The summed E-state index contributed by atoms with van der Waals surface area (Å²) in [5, 5.41) is 4.39. The molecular weight excluding hydrogens is 326 g/mol. The molecule has 6 nitrogen and oxygen atoms in total. The smallest absolute Gasteiger partial charge is 0.328 e. The number of carbonyl (C=O) groups excluding carboxylic acids is 2. The maximum Gasteiger partial charge on any atom is 0.328 e. The molecule has 1 amide bonds. The Morgan fingerprint density at radius 2 is 2.00 bits per heavy atom. The first kappa shape index (κ1) is 18.2. The zero-order valence-corrected chi connectivity index (χ0v) is 14.8. The molecule has 0 aliphatic rings. The van der Waals surface area contributed by atoms with Gasteiger partial charge in [-0.15, -0.1) is 0 Å². The molecule has 0 saturated carbocycles. The second kappa shape index (κ2) is 8.63. The Morgan fingerprint density at radius 1 is 1.25 bits per heavy atom. The minimum absolute atomic E-state index is 0.173. The van der Waals surface area contributed by atoms with Crippen LogP contribution in [0.5, 0.6) is 0 Å². The lowest BCUT2D eigenvalue weighted by Crippen LogP contribution is -2.43. The van der Waals surface area contributed by atoms with E-state index in [-0.39, 0.29) is 17.6 Å².